The van der Waals surface area contributed by atoms with Gasteiger partial charge >= 0.3 is 5.97 Å². The molecule has 0 unspecified atom stereocenters. The quantitative estimate of drug-likeness (QED) is 0.873. The molecule has 0 saturated heterocycles. The number of ether oxygens (including phenoxy) is 1. The topological polar surface area (TPSA) is 49.8 Å². The highest BCUT2D eigenvalue weighted by Crippen LogP contribution is 2.30. The molecule has 0 saturated carbocycles. The lowest BCUT2D eigenvalue weighted by Gasteiger charge is -2.24. The zero-order chi connectivity index (χ0) is 13.9. The summed E-state index contributed by atoms with van der Waals surface area (Å²) < 4.78 is 5.20. The van der Waals surface area contributed by atoms with E-state index in [0.29, 0.717) is 6.42 Å². The van der Waals surface area contributed by atoms with Gasteiger partial charge in [-0.05, 0) is 44.0 Å². The van der Waals surface area contributed by atoms with Gasteiger partial charge in [-0.2, -0.15) is 0 Å². The summed E-state index contributed by atoms with van der Waals surface area (Å²) in [6, 6.07) is 5.73. The third-order valence-corrected chi connectivity index (χ3v) is 2.98. The lowest BCUT2D eigenvalue weighted by atomic mass is 9.85. The molecule has 0 radical (unpaired) electrons. The van der Waals surface area contributed by atoms with Crippen LogP contribution in [0.4, 0.5) is 5.69 Å². The van der Waals surface area contributed by atoms with Crippen LogP contribution in [0.15, 0.2) is 18.2 Å². The molecule has 100 valence electrons. The number of carboxylic acid groups (broad SMARTS) is 1. The first kappa shape index (κ1) is 14.4. The van der Waals surface area contributed by atoms with E-state index in [1.807, 2.05) is 37.2 Å². The van der Waals surface area contributed by atoms with Crippen molar-refractivity contribution in [2.45, 2.75) is 20.3 Å². The second-order valence-corrected chi connectivity index (χ2v) is 5.25. The van der Waals surface area contributed by atoms with E-state index in [2.05, 4.69) is 0 Å². The van der Waals surface area contributed by atoms with Crippen molar-refractivity contribution in [1.29, 1.82) is 0 Å². The van der Waals surface area contributed by atoms with E-state index in [4.69, 9.17) is 4.74 Å². The average Bonchev–Trinajstić information content (AvgIpc) is 2.27. The van der Waals surface area contributed by atoms with Crippen LogP contribution in [0.2, 0.25) is 0 Å². The molecule has 1 rings (SSSR count). The maximum Gasteiger partial charge on any atom is 0.309 e. The standard InChI is InChI=1S/C14H21NO3/c1-14(2,13(16)17)9-10-8-11(18-5)6-7-12(10)15(3)4/h6-8H,9H2,1-5H3,(H,16,17). The summed E-state index contributed by atoms with van der Waals surface area (Å²) >= 11 is 0. The zero-order valence-electron chi connectivity index (χ0n) is 11.7. The van der Waals surface area contributed by atoms with Gasteiger partial charge in [0.05, 0.1) is 12.5 Å². The average molecular weight is 251 g/mol. The van der Waals surface area contributed by atoms with Crippen molar-refractivity contribution >= 4 is 11.7 Å². The fourth-order valence-electron chi connectivity index (χ4n) is 1.82. The number of carbonyl (C=O) groups is 1. The van der Waals surface area contributed by atoms with Crippen LogP contribution in [0.5, 0.6) is 5.75 Å². The largest absolute Gasteiger partial charge is 0.497 e. The summed E-state index contributed by atoms with van der Waals surface area (Å²) in [4.78, 5) is 13.2. The van der Waals surface area contributed by atoms with Gasteiger partial charge in [0.1, 0.15) is 5.75 Å². The Morgan fingerprint density at radius 2 is 2.00 bits per heavy atom. The van der Waals surface area contributed by atoms with Crippen LogP contribution in [0.1, 0.15) is 19.4 Å². The first-order chi connectivity index (χ1) is 8.27. The van der Waals surface area contributed by atoms with Gasteiger partial charge in [0, 0.05) is 19.8 Å². The van der Waals surface area contributed by atoms with Crippen LogP contribution in [0.25, 0.3) is 0 Å². The predicted octanol–water partition coefficient (Wildman–Crippen LogP) is 2.41. The molecule has 0 amide bonds. The molecule has 18 heavy (non-hydrogen) atoms. The lowest BCUT2D eigenvalue weighted by molar-refractivity contribution is -0.146. The maximum absolute atomic E-state index is 11.2. The smallest absolute Gasteiger partial charge is 0.309 e. The van der Waals surface area contributed by atoms with Gasteiger partial charge in [0.25, 0.3) is 0 Å². The van der Waals surface area contributed by atoms with E-state index in [1.54, 1.807) is 21.0 Å². The molecule has 1 N–H and O–H groups in total. The number of nitrogens with zero attached hydrogens (tertiary/aromatic N) is 1. The molecule has 0 aromatic heterocycles. The highest BCUT2D eigenvalue weighted by molar-refractivity contribution is 5.74. The maximum atomic E-state index is 11.2. The number of carboxylic acids is 1. The van der Waals surface area contributed by atoms with Gasteiger partial charge in [-0.25, -0.2) is 0 Å². The Bertz CT molecular complexity index is 439. The number of aliphatic carboxylic acids is 1. The van der Waals surface area contributed by atoms with Crippen molar-refractivity contribution in [3.05, 3.63) is 23.8 Å². The third kappa shape index (κ3) is 3.15. The van der Waals surface area contributed by atoms with Crippen LogP contribution < -0.4 is 9.64 Å². The van der Waals surface area contributed by atoms with Crippen LogP contribution in [-0.4, -0.2) is 32.3 Å². The zero-order valence-corrected chi connectivity index (χ0v) is 11.7. The number of hydrogen-bond donors (Lipinski definition) is 1. The van der Waals surface area contributed by atoms with Crippen LogP contribution in [-0.2, 0) is 11.2 Å². The van der Waals surface area contributed by atoms with Gasteiger partial charge in [0.15, 0.2) is 0 Å². The van der Waals surface area contributed by atoms with Crippen molar-refractivity contribution in [3.63, 3.8) is 0 Å². The van der Waals surface area contributed by atoms with Crippen molar-refractivity contribution in [2.24, 2.45) is 5.41 Å². The van der Waals surface area contributed by atoms with E-state index >= 15 is 0 Å². The fourth-order valence-corrected chi connectivity index (χ4v) is 1.82. The number of methoxy groups -OCH3 is 1. The molecule has 4 heteroatoms. The first-order valence-electron chi connectivity index (χ1n) is 5.85. The fraction of sp³-hybridized carbons (Fsp3) is 0.500. The molecule has 0 aliphatic heterocycles. The minimum atomic E-state index is -0.796. The van der Waals surface area contributed by atoms with Crippen LogP contribution in [0.3, 0.4) is 0 Å². The molecule has 0 atom stereocenters. The summed E-state index contributed by atoms with van der Waals surface area (Å²) in [5.74, 6) is -0.0492. The van der Waals surface area contributed by atoms with Crippen LogP contribution in [0, 0.1) is 5.41 Å². The first-order valence-corrected chi connectivity index (χ1v) is 5.85. The van der Waals surface area contributed by atoms with E-state index in [-0.39, 0.29) is 0 Å². The minimum Gasteiger partial charge on any atom is -0.497 e. The molecule has 1 aromatic rings. The molecule has 4 nitrogen and oxygen atoms in total. The molecule has 0 fully saturated rings. The van der Waals surface area contributed by atoms with Crippen LogP contribution >= 0.6 is 0 Å². The number of hydrogen-bond acceptors (Lipinski definition) is 3. The molecule has 0 spiro atoms. The van der Waals surface area contributed by atoms with E-state index in [0.717, 1.165) is 17.0 Å². The highest BCUT2D eigenvalue weighted by Gasteiger charge is 2.28. The summed E-state index contributed by atoms with van der Waals surface area (Å²) in [5, 5.41) is 9.21. The monoisotopic (exact) mass is 251 g/mol. The second kappa shape index (κ2) is 5.29. The Labute approximate surface area is 108 Å². The molecule has 0 aliphatic rings. The summed E-state index contributed by atoms with van der Waals surface area (Å²) in [7, 11) is 5.49. The molecule has 0 heterocycles. The van der Waals surface area contributed by atoms with Gasteiger partial charge in [-0.3, -0.25) is 4.79 Å². The lowest BCUT2D eigenvalue weighted by Crippen LogP contribution is -2.27. The van der Waals surface area contributed by atoms with Crippen molar-refractivity contribution in [2.75, 3.05) is 26.1 Å². The van der Waals surface area contributed by atoms with E-state index in [1.165, 1.54) is 0 Å². The molecule has 1 aromatic carbocycles. The summed E-state index contributed by atoms with van der Waals surface area (Å²) in [6.07, 6.45) is 0.465. The van der Waals surface area contributed by atoms with Gasteiger partial charge in [0.2, 0.25) is 0 Å². The number of benzene rings is 1. The summed E-state index contributed by atoms with van der Waals surface area (Å²) in [6.45, 7) is 3.46. The Kier molecular flexibility index (Phi) is 4.22. The Morgan fingerprint density at radius 3 is 2.44 bits per heavy atom. The number of anilines is 1. The second-order valence-electron chi connectivity index (χ2n) is 5.25. The molecular formula is C14H21NO3. The van der Waals surface area contributed by atoms with Crippen molar-refractivity contribution < 1.29 is 14.6 Å². The third-order valence-electron chi connectivity index (χ3n) is 2.98. The molecular weight excluding hydrogens is 230 g/mol. The molecule has 0 bridgehead atoms. The van der Waals surface area contributed by atoms with Crippen molar-refractivity contribution in [3.8, 4) is 5.75 Å². The normalized spacial score (nSPS) is 11.2. The van der Waals surface area contributed by atoms with Gasteiger partial charge < -0.3 is 14.7 Å². The predicted molar refractivity (Wildman–Crippen MR) is 72.4 cm³/mol. The van der Waals surface area contributed by atoms with Gasteiger partial charge in [-0.1, -0.05) is 0 Å². The van der Waals surface area contributed by atoms with Gasteiger partial charge in [-0.15, -0.1) is 0 Å². The highest BCUT2D eigenvalue weighted by atomic mass is 16.5. The van der Waals surface area contributed by atoms with Crippen molar-refractivity contribution in [1.82, 2.24) is 0 Å². The molecule has 0 aliphatic carbocycles. The minimum absolute atomic E-state index is 0.465. The Hall–Kier alpha value is -1.71. The van der Waals surface area contributed by atoms with E-state index in [9.17, 15) is 9.90 Å². The Morgan fingerprint density at radius 1 is 1.39 bits per heavy atom. The summed E-state index contributed by atoms with van der Waals surface area (Å²) in [5.41, 5.74) is 1.20. The SMILES string of the molecule is COc1ccc(N(C)C)c(CC(C)(C)C(=O)O)c1. The van der Waals surface area contributed by atoms with E-state index < -0.39 is 11.4 Å². The number of rotatable bonds is 5. The Balaban J connectivity index is 3.16.